The number of nitrogens with zero attached hydrogens (tertiary/aromatic N) is 4. The molecule has 100 valence electrons. The first kappa shape index (κ1) is 12.2. The van der Waals surface area contributed by atoms with Crippen LogP contribution in [-0.2, 0) is 0 Å². The third-order valence-corrected chi connectivity index (χ3v) is 2.96. The lowest BCUT2D eigenvalue weighted by atomic mass is 10.3. The predicted molar refractivity (Wildman–Crippen MR) is 79.8 cm³/mol. The maximum Gasteiger partial charge on any atom is 0.167 e. The standard InChI is InChI=1S/C14H14N6/c1-2-7-16-13-12(15)14(18-8-17-13)20-9-19-10-5-3-4-6-11(10)20/h2-6,8-9H,1,7,15H2,(H,16,17,18). The van der Waals surface area contributed by atoms with Gasteiger partial charge in [-0.2, -0.15) is 0 Å². The van der Waals surface area contributed by atoms with Crippen molar-refractivity contribution in [3.63, 3.8) is 0 Å². The molecule has 2 aromatic heterocycles. The molecule has 20 heavy (non-hydrogen) atoms. The fourth-order valence-corrected chi connectivity index (χ4v) is 2.02. The van der Waals surface area contributed by atoms with Crippen LogP contribution in [0.5, 0.6) is 0 Å². The first-order chi connectivity index (χ1) is 9.81. The third-order valence-electron chi connectivity index (χ3n) is 2.96. The molecule has 0 aliphatic rings. The van der Waals surface area contributed by atoms with Crippen molar-refractivity contribution in [3.8, 4) is 5.82 Å². The zero-order valence-corrected chi connectivity index (χ0v) is 10.8. The van der Waals surface area contributed by atoms with Crippen LogP contribution in [0.2, 0.25) is 0 Å². The number of rotatable bonds is 4. The van der Waals surface area contributed by atoms with E-state index in [9.17, 15) is 0 Å². The topological polar surface area (TPSA) is 81.7 Å². The number of anilines is 2. The molecule has 0 atom stereocenters. The number of para-hydroxylation sites is 2. The molecule has 2 heterocycles. The van der Waals surface area contributed by atoms with Gasteiger partial charge >= 0.3 is 0 Å². The van der Waals surface area contributed by atoms with Crippen LogP contribution in [0.15, 0.2) is 49.6 Å². The number of nitrogens with two attached hydrogens (primary N) is 1. The van der Waals surface area contributed by atoms with Crippen LogP contribution in [0, 0.1) is 0 Å². The number of hydrogen-bond donors (Lipinski definition) is 2. The molecule has 1 aromatic carbocycles. The Morgan fingerprint density at radius 3 is 2.95 bits per heavy atom. The highest BCUT2D eigenvalue weighted by Gasteiger charge is 2.11. The molecule has 0 amide bonds. The van der Waals surface area contributed by atoms with Crippen molar-refractivity contribution in [2.24, 2.45) is 0 Å². The van der Waals surface area contributed by atoms with E-state index in [1.54, 1.807) is 12.4 Å². The number of fused-ring (bicyclic) bond motifs is 1. The number of benzene rings is 1. The van der Waals surface area contributed by atoms with Crippen LogP contribution in [0.4, 0.5) is 11.5 Å². The molecule has 0 unspecified atom stereocenters. The summed E-state index contributed by atoms with van der Waals surface area (Å²) in [4.78, 5) is 12.7. The Hall–Kier alpha value is -2.89. The fourth-order valence-electron chi connectivity index (χ4n) is 2.02. The summed E-state index contributed by atoms with van der Waals surface area (Å²) in [6.07, 6.45) is 4.93. The quantitative estimate of drug-likeness (QED) is 0.706. The molecule has 0 bridgehead atoms. The monoisotopic (exact) mass is 266 g/mol. The Bertz CT molecular complexity index is 761. The summed E-state index contributed by atoms with van der Waals surface area (Å²) in [7, 11) is 0. The number of nitrogen functional groups attached to an aromatic ring is 1. The lowest BCUT2D eigenvalue weighted by Gasteiger charge is -2.10. The predicted octanol–water partition coefficient (Wildman–Crippen LogP) is 2.00. The molecular formula is C14H14N6. The van der Waals surface area contributed by atoms with Crippen LogP contribution in [-0.4, -0.2) is 26.1 Å². The van der Waals surface area contributed by atoms with Crippen molar-refractivity contribution in [2.75, 3.05) is 17.6 Å². The number of aromatic nitrogens is 4. The zero-order chi connectivity index (χ0) is 13.9. The molecule has 3 rings (SSSR count). The summed E-state index contributed by atoms with van der Waals surface area (Å²) in [6, 6.07) is 7.82. The Morgan fingerprint density at radius 1 is 1.25 bits per heavy atom. The highest BCUT2D eigenvalue weighted by molar-refractivity contribution is 5.80. The van der Waals surface area contributed by atoms with E-state index >= 15 is 0 Å². The Morgan fingerprint density at radius 2 is 2.10 bits per heavy atom. The average Bonchev–Trinajstić information content (AvgIpc) is 2.90. The summed E-state index contributed by atoms with van der Waals surface area (Å²) in [5.74, 6) is 1.20. The smallest absolute Gasteiger partial charge is 0.167 e. The molecule has 0 saturated heterocycles. The molecule has 3 N–H and O–H groups in total. The second-order valence-electron chi connectivity index (χ2n) is 4.23. The molecule has 0 spiro atoms. The van der Waals surface area contributed by atoms with Crippen molar-refractivity contribution in [2.45, 2.75) is 0 Å². The van der Waals surface area contributed by atoms with E-state index in [0.29, 0.717) is 23.9 Å². The van der Waals surface area contributed by atoms with Gasteiger partial charge in [-0.3, -0.25) is 4.57 Å². The van der Waals surface area contributed by atoms with Crippen molar-refractivity contribution in [3.05, 3.63) is 49.6 Å². The van der Waals surface area contributed by atoms with Gasteiger partial charge < -0.3 is 11.1 Å². The molecule has 0 aliphatic carbocycles. The summed E-state index contributed by atoms with van der Waals surface area (Å²) >= 11 is 0. The summed E-state index contributed by atoms with van der Waals surface area (Å²) < 4.78 is 1.85. The van der Waals surface area contributed by atoms with Crippen LogP contribution in [0.1, 0.15) is 0 Å². The van der Waals surface area contributed by atoms with Crippen LogP contribution in [0.25, 0.3) is 16.9 Å². The lowest BCUT2D eigenvalue weighted by molar-refractivity contribution is 0.998. The van der Waals surface area contributed by atoms with Crippen molar-refractivity contribution < 1.29 is 0 Å². The Labute approximate surface area is 116 Å². The molecule has 0 radical (unpaired) electrons. The molecular weight excluding hydrogens is 252 g/mol. The van der Waals surface area contributed by atoms with Gasteiger partial charge in [0, 0.05) is 6.54 Å². The molecule has 3 aromatic rings. The Kier molecular flexibility index (Phi) is 3.04. The normalized spacial score (nSPS) is 10.6. The molecule has 0 fully saturated rings. The van der Waals surface area contributed by atoms with Gasteiger partial charge in [-0.1, -0.05) is 18.2 Å². The van der Waals surface area contributed by atoms with Gasteiger partial charge in [0.15, 0.2) is 11.6 Å². The minimum atomic E-state index is 0.484. The van der Waals surface area contributed by atoms with Gasteiger partial charge in [0.2, 0.25) is 0 Å². The van der Waals surface area contributed by atoms with Gasteiger partial charge in [-0.15, -0.1) is 6.58 Å². The van der Waals surface area contributed by atoms with Crippen LogP contribution >= 0.6 is 0 Å². The van der Waals surface area contributed by atoms with E-state index in [1.165, 1.54) is 6.33 Å². The van der Waals surface area contributed by atoms with Crippen LogP contribution in [0.3, 0.4) is 0 Å². The van der Waals surface area contributed by atoms with E-state index in [2.05, 4.69) is 26.8 Å². The lowest BCUT2D eigenvalue weighted by Crippen LogP contribution is -2.09. The molecule has 0 saturated carbocycles. The van der Waals surface area contributed by atoms with E-state index in [-0.39, 0.29) is 0 Å². The van der Waals surface area contributed by atoms with E-state index in [0.717, 1.165) is 11.0 Å². The fraction of sp³-hybridized carbons (Fsp3) is 0.0714. The number of nitrogens with one attached hydrogen (secondary N) is 1. The first-order valence-corrected chi connectivity index (χ1v) is 6.19. The van der Waals surface area contributed by atoms with Crippen molar-refractivity contribution in [1.82, 2.24) is 19.5 Å². The highest BCUT2D eigenvalue weighted by atomic mass is 15.2. The van der Waals surface area contributed by atoms with Gasteiger partial charge in [0.1, 0.15) is 18.3 Å². The molecule has 6 heteroatoms. The summed E-state index contributed by atoms with van der Waals surface area (Å²) in [6.45, 7) is 4.25. The molecule has 6 nitrogen and oxygen atoms in total. The minimum absolute atomic E-state index is 0.484. The van der Waals surface area contributed by atoms with E-state index in [1.807, 2.05) is 28.8 Å². The maximum atomic E-state index is 6.14. The van der Waals surface area contributed by atoms with E-state index < -0.39 is 0 Å². The second-order valence-corrected chi connectivity index (χ2v) is 4.23. The minimum Gasteiger partial charge on any atom is -0.393 e. The van der Waals surface area contributed by atoms with Crippen molar-refractivity contribution >= 4 is 22.5 Å². The van der Waals surface area contributed by atoms with E-state index in [4.69, 9.17) is 5.73 Å². The van der Waals surface area contributed by atoms with Gasteiger partial charge in [-0.05, 0) is 12.1 Å². The Balaban J connectivity index is 2.12. The largest absolute Gasteiger partial charge is 0.393 e. The van der Waals surface area contributed by atoms with Crippen molar-refractivity contribution in [1.29, 1.82) is 0 Å². The van der Waals surface area contributed by atoms with Gasteiger partial charge in [0.05, 0.1) is 11.0 Å². The third kappa shape index (κ3) is 1.97. The second kappa shape index (κ2) is 5.00. The van der Waals surface area contributed by atoms with Gasteiger partial charge in [0.25, 0.3) is 0 Å². The summed E-state index contributed by atoms with van der Waals surface area (Å²) in [5.41, 5.74) is 8.47. The number of imidazole rings is 1. The SMILES string of the molecule is C=CCNc1ncnc(-n2cnc3ccccc32)c1N. The summed E-state index contributed by atoms with van der Waals surface area (Å²) in [5, 5.41) is 3.09. The molecule has 0 aliphatic heterocycles. The first-order valence-electron chi connectivity index (χ1n) is 6.19. The average molecular weight is 266 g/mol. The zero-order valence-electron chi connectivity index (χ0n) is 10.8. The highest BCUT2D eigenvalue weighted by Crippen LogP contribution is 2.24. The number of hydrogen-bond acceptors (Lipinski definition) is 5. The van der Waals surface area contributed by atoms with Crippen LogP contribution < -0.4 is 11.1 Å². The van der Waals surface area contributed by atoms with Gasteiger partial charge in [-0.25, -0.2) is 15.0 Å². The maximum absolute atomic E-state index is 6.14.